The van der Waals surface area contributed by atoms with Crippen LogP contribution in [0.3, 0.4) is 0 Å². The predicted octanol–water partition coefficient (Wildman–Crippen LogP) is 4.94. The Balaban J connectivity index is 1.71. The molecular formula is C25H25NO6. The maximum Gasteiger partial charge on any atom is 0.269 e. The molecule has 32 heavy (non-hydrogen) atoms. The standard InChI is InChI=1S/C25H25NO6/c1-31-23-13-7-18(8-14-23)17-32-25(20-9-11-21(12-10-20)26(29)30)16-22(27)15-24(28)19-5-3-2-4-6-19/h2-14,24-25,28H,15-17H2,1H3/t24-,25-/m0/s1. The van der Waals surface area contributed by atoms with Crippen LogP contribution in [0, 0.1) is 10.1 Å². The van der Waals surface area contributed by atoms with Crippen LogP contribution < -0.4 is 4.74 Å². The van der Waals surface area contributed by atoms with Crippen LogP contribution in [0.1, 0.15) is 41.7 Å². The average Bonchev–Trinajstić information content (AvgIpc) is 2.82. The molecule has 0 saturated heterocycles. The predicted molar refractivity (Wildman–Crippen MR) is 119 cm³/mol. The average molecular weight is 435 g/mol. The van der Waals surface area contributed by atoms with Gasteiger partial charge in [0.25, 0.3) is 5.69 Å². The summed E-state index contributed by atoms with van der Waals surface area (Å²) in [6.45, 7) is 0.250. The summed E-state index contributed by atoms with van der Waals surface area (Å²) in [6, 6.07) is 22.3. The van der Waals surface area contributed by atoms with Gasteiger partial charge in [-0.15, -0.1) is 0 Å². The summed E-state index contributed by atoms with van der Waals surface area (Å²) < 4.78 is 11.2. The van der Waals surface area contributed by atoms with E-state index in [1.54, 1.807) is 43.5 Å². The molecule has 3 aromatic carbocycles. The third-order valence-corrected chi connectivity index (χ3v) is 5.10. The Morgan fingerprint density at radius 1 is 0.938 bits per heavy atom. The third kappa shape index (κ3) is 6.47. The van der Waals surface area contributed by atoms with E-state index in [2.05, 4.69) is 0 Å². The number of ketones is 1. The molecule has 2 atom stereocenters. The molecule has 0 aliphatic rings. The van der Waals surface area contributed by atoms with E-state index < -0.39 is 17.1 Å². The SMILES string of the molecule is COc1ccc(CO[C@@H](CC(=O)C[C@H](O)c2ccccc2)c2ccc([N+](=O)[O-])cc2)cc1. The first kappa shape index (κ1) is 23.1. The topological polar surface area (TPSA) is 98.9 Å². The van der Waals surface area contributed by atoms with E-state index in [1.807, 2.05) is 30.3 Å². The Kier molecular flexibility index (Phi) is 8.08. The van der Waals surface area contributed by atoms with Crippen LogP contribution in [0.5, 0.6) is 5.75 Å². The molecule has 0 fully saturated rings. The monoisotopic (exact) mass is 435 g/mol. The summed E-state index contributed by atoms with van der Waals surface area (Å²) in [5.74, 6) is 0.560. The summed E-state index contributed by atoms with van der Waals surface area (Å²) >= 11 is 0. The molecule has 0 bridgehead atoms. The molecule has 0 saturated carbocycles. The zero-order chi connectivity index (χ0) is 22.9. The van der Waals surface area contributed by atoms with Crippen molar-refractivity contribution in [1.82, 2.24) is 0 Å². The van der Waals surface area contributed by atoms with E-state index in [0.29, 0.717) is 11.1 Å². The molecule has 0 aliphatic carbocycles. The summed E-state index contributed by atoms with van der Waals surface area (Å²) in [6.07, 6.45) is -1.51. The van der Waals surface area contributed by atoms with Crippen molar-refractivity contribution >= 4 is 11.5 Å². The number of benzene rings is 3. The number of nitro benzene ring substituents is 1. The van der Waals surface area contributed by atoms with Crippen LogP contribution in [-0.2, 0) is 16.1 Å². The second kappa shape index (κ2) is 11.2. The fourth-order valence-corrected chi connectivity index (χ4v) is 3.30. The van der Waals surface area contributed by atoms with Gasteiger partial charge in [0, 0.05) is 25.0 Å². The highest BCUT2D eigenvalue weighted by Gasteiger charge is 2.21. The van der Waals surface area contributed by atoms with Gasteiger partial charge in [-0.1, -0.05) is 42.5 Å². The van der Waals surface area contributed by atoms with Crippen molar-refractivity contribution in [1.29, 1.82) is 0 Å². The number of methoxy groups -OCH3 is 1. The number of aliphatic hydroxyl groups excluding tert-OH is 1. The van der Waals surface area contributed by atoms with Crippen molar-refractivity contribution in [3.05, 3.63) is 106 Å². The number of rotatable bonds is 11. The Labute approximate surface area is 186 Å². The van der Waals surface area contributed by atoms with Gasteiger partial charge in [-0.05, 0) is 41.0 Å². The lowest BCUT2D eigenvalue weighted by Crippen LogP contribution is -2.14. The van der Waals surface area contributed by atoms with E-state index in [0.717, 1.165) is 11.3 Å². The number of aliphatic hydroxyl groups is 1. The van der Waals surface area contributed by atoms with Crippen molar-refractivity contribution in [2.45, 2.75) is 31.7 Å². The van der Waals surface area contributed by atoms with Gasteiger partial charge in [0.05, 0.1) is 30.8 Å². The minimum atomic E-state index is -0.900. The number of carbonyl (C=O) groups excluding carboxylic acids is 1. The number of ether oxygens (including phenoxy) is 2. The number of non-ortho nitro benzene ring substituents is 1. The highest BCUT2D eigenvalue weighted by Crippen LogP contribution is 2.28. The number of hydrogen-bond acceptors (Lipinski definition) is 6. The third-order valence-electron chi connectivity index (χ3n) is 5.10. The first-order valence-electron chi connectivity index (χ1n) is 10.2. The van der Waals surface area contributed by atoms with Crippen molar-refractivity contribution in [3.63, 3.8) is 0 Å². The molecule has 0 amide bonds. The van der Waals surface area contributed by atoms with Gasteiger partial charge in [-0.3, -0.25) is 14.9 Å². The Hall–Kier alpha value is -3.55. The number of Topliss-reactive ketones (excluding diaryl/α,β-unsaturated/α-hetero) is 1. The molecule has 0 unspecified atom stereocenters. The lowest BCUT2D eigenvalue weighted by molar-refractivity contribution is -0.384. The Morgan fingerprint density at radius 3 is 2.19 bits per heavy atom. The molecule has 3 aromatic rings. The molecular weight excluding hydrogens is 410 g/mol. The quantitative estimate of drug-likeness (QED) is 0.338. The number of hydrogen-bond donors (Lipinski definition) is 1. The van der Waals surface area contributed by atoms with Gasteiger partial charge in [0.15, 0.2) is 0 Å². The highest BCUT2D eigenvalue weighted by atomic mass is 16.6. The van der Waals surface area contributed by atoms with E-state index in [-0.39, 0.29) is 30.9 Å². The highest BCUT2D eigenvalue weighted by molar-refractivity contribution is 5.79. The van der Waals surface area contributed by atoms with Crippen molar-refractivity contribution in [3.8, 4) is 5.75 Å². The fraction of sp³-hybridized carbons (Fsp3) is 0.240. The second-order valence-electron chi connectivity index (χ2n) is 7.37. The zero-order valence-electron chi connectivity index (χ0n) is 17.7. The molecule has 1 N–H and O–H groups in total. The zero-order valence-corrected chi connectivity index (χ0v) is 17.7. The van der Waals surface area contributed by atoms with Crippen molar-refractivity contribution < 1.29 is 24.3 Å². The van der Waals surface area contributed by atoms with Crippen LogP contribution in [0.25, 0.3) is 0 Å². The Bertz CT molecular complexity index is 1020. The van der Waals surface area contributed by atoms with Gasteiger partial charge < -0.3 is 14.6 Å². The molecule has 7 heteroatoms. The molecule has 0 aromatic heterocycles. The van der Waals surface area contributed by atoms with Crippen LogP contribution >= 0.6 is 0 Å². The van der Waals surface area contributed by atoms with Crippen LogP contribution in [0.2, 0.25) is 0 Å². The van der Waals surface area contributed by atoms with E-state index in [9.17, 15) is 20.0 Å². The minimum absolute atomic E-state index is 0.0338. The first-order valence-corrected chi connectivity index (χ1v) is 10.2. The molecule has 3 rings (SSSR count). The Morgan fingerprint density at radius 2 is 1.59 bits per heavy atom. The van der Waals surface area contributed by atoms with E-state index >= 15 is 0 Å². The van der Waals surface area contributed by atoms with E-state index in [4.69, 9.17) is 9.47 Å². The molecule has 166 valence electrons. The first-order chi connectivity index (χ1) is 15.5. The molecule has 0 aliphatic heterocycles. The van der Waals surface area contributed by atoms with Crippen LogP contribution in [-0.4, -0.2) is 22.9 Å². The van der Waals surface area contributed by atoms with Gasteiger partial charge in [-0.2, -0.15) is 0 Å². The molecule has 0 spiro atoms. The molecule has 0 radical (unpaired) electrons. The summed E-state index contributed by atoms with van der Waals surface area (Å²) in [7, 11) is 1.59. The van der Waals surface area contributed by atoms with Gasteiger partial charge in [0.1, 0.15) is 11.5 Å². The normalized spacial score (nSPS) is 12.7. The van der Waals surface area contributed by atoms with Gasteiger partial charge in [0.2, 0.25) is 0 Å². The van der Waals surface area contributed by atoms with Crippen LogP contribution in [0.4, 0.5) is 5.69 Å². The van der Waals surface area contributed by atoms with Gasteiger partial charge >= 0.3 is 0 Å². The summed E-state index contributed by atoms with van der Waals surface area (Å²) in [4.78, 5) is 23.2. The van der Waals surface area contributed by atoms with Gasteiger partial charge in [-0.25, -0.2) is 0 Å². The smallest absolute Gasteiger partial charge is 0.269 e. The summed E-state index contributed by atoms with van der Waals surface area (Å²) in [5.41, 5.74) is 2.20. The minimum Gasteiger partial charge on any atom is -0.497 e. The van der Waals surface area contributed by atoms with Crippen molar-refractivity contribution in [2.75, 3.05) is 7.11 Å². The largest absolute Gasteiger partial charge is 0.497 e. The lowest BCUT2D eigenvalue weighted by Gasteiger charge is -2.19. The molecule has 7 nitrogen and oxygen atoms in total. The van der Waals surface area contributed by atoms with Crippen LogP contribution in [0.15, 0.2) is 78.9 Å². The fourth-order valence-electron chi connectivity index (χ4n) is 3.30. The summed E-state index contributed by atoms with van der Waals surface area (Å²) in [5, 5.41) is 21.3. The maximum atomic E-state index is 12.7. The number of nitro groups is 1. The van der Waals surface area contributed by atoms with E-state index in [1.165, 1.54) is 12.1 Å². The molecule has 0 heterocycles. The lowest BCUT2D eigenvalue weighted by atomic mass is 9.98. The second-order valence-corrected chi connectivity index (χ2v) is 7.37. The number of nitrogens with zero attached hydrogens (tertiary/aromatic N) is 1. The number of carbonyl (C=O) groups is 1. The van der Waals surface area contributed by atoms with Crippen molar-refractivity contribution in [2.24, 2.45) is 0 Å². The maximum absolute atomic E-state index is 12.7.